The maximum Gasteiger partial charge on any atom is 0.252 e. The third-order valence-electron chi connectivity index (χ3n) is 3.91. The van der Waals surface area contributed by atoms with Crippen molar-refractivity contribution in [3.8, 4) is 0 Å². The average molecular weight is 436 g/mol. The van der Waals surface area contributed by atoms with Gasteiger partial charge in [-0.2, -0.15) is 0 Å². The van der Waals surface area contributed by atoms with E-state index < -0.39 is 0 Å². The number of nitrogens with one attached hydrogen (secondary N) is 1. The van der Waals surface area contributed by atoms with Crippen LogP contribution < -0.4 is 5.32 Å². The number of carbonyl (C=O) groups is 1. The number of amides is 1. The molecule has 1 aromatic carbocycles. The molecule has 1 aromatic rings. The molecule has 1 aliphatic carbocycles. The molecule has 1 amide bonds. The predicted molar refractivity (Wildman–Crippen MR) is 90.4 cm³/mol. The highest BCUT2D eigenvalue weighted by molar-refractivity contribution is 14.1. The van der Waals surface area contributed by atoms with E-state index >= 15 is 0 Å². The van der Waals surface area contributed by atoms with E-state index in [9.17, 15) is 4.79 Å². The molecule has 1 aliphatic rings. The van der Waals surface area contributed by atoms with Crippen LogP contribution in [0.4, 0.5) is 0 Å². The summed E-state index contributed by atoms with van der Waals surface area (Å²) >= 11 is 5.63. The van der Waals surface area contributed by atoms with Crippen LogP contribution in [0.3, 0.4) is 0 Å². The van der Waals surface area contributed by atoms with Crippen molar-refractivity contribution in [3.05, 3.63) is 31.8 Å². The molecule has 0 saturated heterocycles. The minimum atomic E-state index is 0.0394. The monoisotopic (exact) mass is 435 g/mol. The number of halogens is 2. The van der Waals surface area contributed by atoms with Crippen LogP contribution in [0.2, 0.25) is 0 Å². The molecule has 0 bridgehead atoms. The van der Waals surface area contributed by atoms with E-state index in [-0.39, 0.29) is 11.3 Å². The standard InChI is InChI=1S/C15H19BrINO/c1-15(7-3-2-4-8-15)10-18-14(19)12-9-11(16)5-6-13(12)17/h5-6,9H,2-4,7-8,10H2,1H3,(H,18,19). The van der Waals surface area contributed by atoms with Gasteiger partial charge in [0.15, 0.2) is 0 Å². The Bertz CT molecular complexity index is 469. The third kappa shape index (κ3) is 4.18. The fraction of sp³-hybridized carbons (Fsp3) is 0.533. The molecule has 2 nitrogen and oxygen atoms in total. The van der Waals surface area contributed by atoms with Gasteiger partial charge in [-0.15, -0.1) is 0 Å². The first kappa shape index (κ1) is 15.3. The topological polar surface area (TPSA) is 29.1 Å². The summed E-state index contributed by atoms with van der Waals surface area (Å²) in [4.78, 5) is 12.3. The number of benzene rings is 1. The molecule has 0 unspecified atom stereocenters. The van der Waals surface area contributed by atoms with E-state index in [4.69, 9.17) is 0 Å². The first-order valence-corrected chi connectivity index (χ1v) is 8.61. The summed E-state index contributed by atoms with van der Waals surface area (Å²) in [5, 5.41) is 3.11. The lowest BCUT2D eigenvalue weighted by Gasteiger charge is -2.33. The maximum atomic E-state index is 12.3. The molecule has 104 valence electrons. The third-order valence-corrected chi connectivity index (χ3v) is 5.34. The van der Waals surface area contributed by atoms with Gasteiger partial charge in [0.05, 0.1) is 5.56 Å². The molecular formula is C15H19BrINO. The lowest BCUT2D eigenvalue weighted by molar-refractivity contribution is 0.0918. The second kappa shape index (κ2) is 6.57. The lowest BCUT2D eigenvalue weighted by Crippen LogP contribution is -2.37. The second-order valence-electron chi connectivity index (χ2n) is 5.68. The minimum Gasteiger partial charge on any atom is -0.351 e. The first-order valence-electron chi connectivity index (χ1n) is 6.73. The molecule has 0 aliphatic heterocycles. The Morgan fingerprint density at radius 2 is 2.05 bits per heavy atom. The summed E-state index contributed by atoms with van der Waals surface area (Å²) in [5.74, 6) is 0.0394. The second-order valence-corrected chi connectivity index (χ2v) is 7.76. The average Bonchev–Trinajstić information content (AvgIpc) is 2.40. The van der Waals surface area contributed by atoms with Crippen molar-refractivity contribution in [1.29, 1.82) is 0 Å². The van der Waals surface area contributed by atoms with Crippen molar-refractivity contribution < 1.29 is 4.79 Å². The minimum absolute atomic E-state index is 0.0394. The van der Waals surface area contributed by atoms with E-state index in [0.717, 1.165) is 20.2 Å². The smallest absolute Gasteiger partial charge is 0.252 e. The molecule has 4 heteroatoms. The van der Waals surface area contributed by atoms with Gasteiger partial charge in [0, 0.05) is 14.6 Å². The summed E-state index contributed by atoms with van der Waals surface area (Å²) in [6, 6.07) is 5.81. The normalized spacial score (nSPS) is 18.1. The molecular weight excluding hydrogens is 417 g/mol. The molecule has 0 radical (unpaired) electrons. The molecule has 0 heterocycles. The van der Waals surface area contributed by atoms with Gasteiger partial charge in [-0.3, -0.25) is 4.79 Å². The maximum absolute atomic E-state index is 12.3. The number of rotatable bonds is 3. The lowest BCUT2D eigenvalue weighted by atomic mass is 9.76. The van der Waals surface area contributed by atoms with Gasteiger partial charge in [0.1, 0.15) is 0 Å². The van der Waals surface area contributed by atoms with Crippen LogP contribution in [0.15, 0.2) is 22.7 Å². The van der Waals surface area contributed by atoms with Crippen LogP contribution in [-0.2, 0) is 0 Å². The summed E-state index contributed by atoms with van der Waals surface area (Å²) in [7, 11) is 0. The Balaban J connectivity index is 1.99. The van der Waals surface area contributed by atoms with Gasteiger partial charge in [-0.25, -0.2) is 0 Å². The zero-order chi connectivity index (χ0) is 13.9. The zero-order valence-electron chi connectivity index (χ0n) is 11.1. The highest BCUT2D eigenvalue weighted by Gasteiger charge is 2.27. The summed E-state index contributed by atoms with van der Waals surface area (Å²) < 4.78 is 1.94. The van der Waals surface area contributed by atoms with Crippen LogP contribution in [0.25, 0.3) is 0 Å². The number of hydrogen-bond acceptors (Lipinski definition) is 1. The molecule has 1 N–H and O–H groups in total. The van der Waals surface area contributed by atoms with E-state index in [1.807, 2.05) is 18.2 Å². The molecule has 0 spiro atoms. The van der Waals surface area contributed by atoms with Crippen molar-refractivity contribution >= 4 is 44.4 Å². The molecule has 1 saturated carbocycles. The van der Waals surface area contributed by atoms with E-state index in [2.05, 4.69) is 50.8 Å². The van der Waals surface area contributed by atoms with E-state index in [1.54, 1.807) is 0 Å². The van der Waals surface area contributed by atoms with Gasteiger partial charge in [-0.1, -0.05) is 42.1 Å². The van der Waals surface area contributed by atoms with Crippen molar-refractivity contribution in [2.75, 3.05) is 6.54 Å². The first-order chi connectivity index (χ1) is 9.00. The Morgan fingerprint density at radius 1 is 1.37 bits per heavy atom. The highest BCUT2D eigenvalue weighted by atomic mass is 127. The van der Waals surface area contributed by atoms with Crippen molar-refractivity contribution in [2.45, 2.75) is 39.0 Å². The van der Waals surface area contributed by atoms with Crippen molar-refractivity contribution in [3.63, 3.8) is 0 Å². The van der Waals surface area contributed by atoms with Crippen LogP contribution >= 0.6 is 38.5 Å². The van der Waals surface area contributed by atoms with Crippen LogP contribution in [-0.4, -0.2) is 12.5 Å². The summed E-state index contributed by atoms with van der Waals surface area (Å²) in [5.41, 5.74) is 1.04. The number of carbonyl (C=O) groups excluding carboxylic acids is 1. The fourth-order valence-electron chi connectivity index (χ4n) is 2.64. The van der Waals surface area contributed by atoms with Gasteiger partial charge in [0.2, 0.25) is 0 Å². The van der Waals surface area contributed by atoms with E-state index in [1.165, 1.54) is 32.1 Å². The Hall–Kier alpha value is -0.100. The molecule has 0 atom stereocenters. The molecule has 1 fully saturated rings. The van der Waals surface area contributed by atoms with Crippen LogP contribution in [0, 0.1) is 8.99 Å². The van der Waals surface area contributed by atoms with Crippen molar-refractivity contribution in [1.82, 2.24) is 5.32 Å². The van der Waals surface area contributed by atoms with Gasteiger partial charge in [0.25, 0.3) is 5.91 Å². The molecule has 0 aromatic heterocycles. The summed E-state index contributed by atoms with van der Waals surface area (Å²) in [6.07, 6.45) is 6.38. The van der Waals surface area contributed by atoms with Gasteiger partial charge in [-0.05, 0) is 59.0 Å². The summed E-state index contributed by atoms with van der Waals surface area (Å²) in [6.45, 7) is 3.08. The van der Waals surface area contributed by atoms with Gasteiger partial charge < -0.3 is 5.32 Å². The Labute approximate surface area is 137 Å². The zero-order valence-corrected chi connectivity index (χ0v) is 14.9. The fourth-order valence-corrected chi connectivity index (χ4v) is 3.58. The van der Waals surface area contributed by atoms with Crippen molar-refractivity contribution in [2.24, 2.45) is 5.41 Å². The van der Waals surface area contributed by atoms with Crippen LogP contribution in [0.1, 0.15) is 49.4 Å². The molecule has 2 rings (SSSR count). The largest absolute Gasteiger partial charge is 0.351 e. The van der Waals surface area contributed by atoms with E-state index in [0.29, 0.717) is 0 Å². The predicted octanol–water partition coefficient (Wildman–Crippen LogP) is 4.75. The highest BCUT2D eigenvalue weighted by Crippen LogP contribution is 2.35. The Morgan fingerprint density at radius 3 is 2.74 bits per heavy atom. The molecule has 19 heavy (non-hydrogen) atoms. The Kier molecular flexibility index (Phi) is 5.29. The quantitative estimate of drug-likeness (QED) is 0.681. The SMILES string of the molecule is CC1(CNC(=O)c2cc(Br)ccc2I)CCCCC1. The van der Waals surface area contributed by atoms with Crippen LogP contribution in [0.5, 0.6) is 0 Å². The van der Waals surface area contributed by atoms with Gasteiger partial charge >= 0.3 is 0 Å². The number of hydrogen-bond donors (Lipinski definition) is 1.